The van der Waals surface area contributed by atoms with Crippen LogP contribution in [0.25, 0.3) is 0 Å². The largest absolute Gasteiger partial charge is 0.359 e. The zero-order valence-corrected chi connectivity index (χ0v) is 16.6. The Labute approximate surface area is 161 Å². The van der Waals surface area contributed by atoms with E-state index in [0.717, 1.165) is 12.2 Å². The summed E-state index contributed by atoms with van der Waals surface area (Å²) in [6.45, 7) is 8.35. The molecule has 2 heterocycles. The Morgan fingerprint density at radius 3 is 2.63 bits per heavy atom. The third-order valence-corrected chi connectivity index (χ3v) is 5.05. The number of urea groups is 1. The van der Waals surface area contributed by atoms with Crippen LogP contribution in [0.2, 0.25) is 0 Å². The van der Waals surface area contributed by atoms with Gasteiger partial charge in [-0.1, -0.05) is 43.3 Å². The number of hydrogen-bond donors (Lipinski definition) is 1. The number of aromatic nitrogens is 1. The van der Waals surface area contributed by atoms with E-state index >= 15 is 0 Å². The Balaban J connectivity index is 1.54. The maximum atomic E-state index is 12.5. The summed E-state index contributed by atoms with van der Waals surface area (Å²) < 4.78 is 5.28. The van der Waals surface area contributed by atoms with Gasteiger partial charge in [0.05, 0.1) is 12.2 Å². The van der Waals surface area contributed by atoms with Crippen LogP contribution in [-0.2, 0) is 19.6 Å². The van der Waals surface area contributed by atoms with E-state index in [1.54, 1.807) is 4.90 Å². The Morgan fingerprint density at radius 2 is 1.96 bits per heavy atom. The summed E-state index contributed by atoms with van der Waals surface area (Å²) in [6.07, 6.45) is 2.56. The van der Waals surface area contributed by atoms with Crippen LogP contribution < -0.4 is 5.32 Å². The highest BCUT2D eigenvalue weighted by Gasteiger charge is 2.16. The van der Waals surface area contributed by atoms with E-state index in [-0.39, 0.29) is 6.03 Å². The topological polar surface area (TPSA) is 61.6 Å². The van der Waals surface area contributed by atoms with Gasteiger partial charge in [0.2, 0.25) is 0 Å². The highest BCUT2D eigenvalue weighted by molar-refractivity contribution is 5.73. The quantitative estimate of drug-likeness (QED) is 0.807. The lowest BCUT2D eigenvalue weighted by Gasteiger charge is -2.22. The van der Waals surface area contributed by atoms with Gasteiger partial charge in [0.1, 0.15) is 0 Å². The summed E-state index contributed by atoms with van der Waals surface area (Å²) in [4.78, 5) is 16.7. The standard InChI is InChI=1S/C21H30N4O2/c1-16(2)20-12-19(27-23-20)13-22-21(26)24(3)14-17-8-4-5-9-18(17)15-25-10-6-7-11-25/h4-5,8-9,12,16H,6-7,10-11,13-15H2,1-3H3,(H,22,26). The van der Waals surface area contributed by atoms with Crippen LogP contribution in [0.5, 0.6) is 0 Å². The van der Waals surface area contributed by atoms with Crippen molar-refractivity contribution in [3.8, 4) is 0 Å². The summed E-state index contributed by atoms with van der Waals surface area (Å²) >= 11 is 0. The molecule has 0 atom stereocenters. The van der Waals surface area contributed by atoms with E-state index in [1.807, 2.05) is 19.2 Å². The van der Waals surface area contributed by atoms with Crippen molar-refractivity contribution in [3.05, 3.63) is 52.9 Å². The molecule has 2 aromatic rings. The first-order chi connectivity index (χ1) is 13.0. The van der Waals surface area contributed by atoms with Crippen LogP contribution in [0.3, 0.4) is 0 Å². The maximum Gasteiger partial charge on any atom is 0.317 e. The van der Waals surface area contributed by atoms with Crippen LogP contribution in [-0.4, -0.2) is 41.1 Å². The number of nitrogens with one attached hydrogen (secondary N) is 1. The van der Waals surface area contributed by atoms with Gasteiger partial charge in [0.25, 0.3) is 0 Å². The minimum atomic E-state index is -0.117. The molecule has 3 rings (SSSR count). The number of hydrogen-bond acceptors (Lipinski definition) is 4. The number of carbonyl (C=O) groups is 1. The highest BCUT2D eigenvalue weighted by Crippen LogP contribution is 2.17. The maximum absolute atomic E-state index is 12.5. The Hall–Kier alpha value is -2.34. The van der Waals surface area contributed by atoms with E-state index in [9.17, 15) is 4.79 Å². The monoisotopic (exact) mass is 370 g/mol. The van der Waals surface area contributed by atoms with Crippen molar-refractivity contribution in [1.82, 2.24) is 20.3 Å². The fourth-order valence-electron chi connectivity index (χ4n) is 3.36. The molecule has 2 amide bonds. The van der Waals surface area contributed by atoms with Gasteiger partial charge in [0, 0.05) is 26.2 Å². The number of rotatable bonds is 7. The first-order valence-electron chi connectivity index (χ1n) is 9.76. The Bertz CT molecular complexity index is 750. The summed E-state index contributed by atoms with van der Waals surface area (Å²) in [5.41, 5.74) is 3.41. The molecule has 0 spiro atoms. The van der Waals surface area contributed by atoms with Gasteiger partial charge in [-0.3, -0.25) is 4.90 Å². The minimum Gasteiger partial charge on any atom is -0.359 e. The zero-order valence-electron chi connectivity index (χ0n) is 16.6. The number of likely N-dealkylation sites (tertiary alicyclic amines) is 1. The predicted molar refractivity (Wildman–Crippen MR) is 105 cm³/mol. The molecule has 146 valence electrons. The van der Waals surface area contributed by atoms with Crippen LogP contribution in [0.15, 0.2) is 34.9 Å². The molecular weight excluding hydrogens is 340 g/mol. The van der Waals surface area contributed by atoms with Gasteiger partial charge in [-0.05, 0) is 43.0 Å². The molecule has 1 N–H and O–H groups in total. The van der Waals surface area contributed by atoms with Gasteiger partial charge >= 0.3 is 6.03 Å². The van der Waals surface area contributed by atoms with Crippen molar-refractivity contribution in [3.63, 3.8) is 0 Å². The first kappa shape index (κ1) is 19.4. The first-order valence-corrected chi connectivity index (χ1v) is 9.76. The molecule has 1 aliphatic heterocycles. The lowest BCUT2D eigenvalue weighted by Crippen LogP contribution is -2.36. The molecule has 6 heteroatoms. The highest BCUT2D eigenvalue weighted by atomic mass is 16.5. The molecule has 6 nitrogen and oxygen atoms in total. The number of carbonyl (C=O) groups excluding carboxylic acids is 1. The van der Waals surface area contributed by atoms with E-state index in [1.165, 1.54) is 37.1 Å². The summed E-state index contributed by atoms with van der Waals surface area (Å²) in [5.74, 6) is 0.989. The second-order valence-electron chi connectivity index (χ2n) is 7.64. The van der Waals surface area contributed by atoms with E-state index in [0.29, 0.717) is 24.8 Å². The van der Waals surface area contributed by atoms with Crippen molar-refractivity contribution in [2.75, 3.05) is 20.1 Å². The van der Waals surface area contributed by atoms with Gasteiger partial charge < -0.3 is 14.7 Å². The summed E-state index contributed by atoms with van der Waals surface area (Å²) in [5, 5.41) is 6.93. The van der Waals surface area contributed by atoms with Crippen molar-refractivity contribution < 1.29 is 9.32 Å². The van der Waals surface area contributed by atoms with Crippen molar-refractivity contribution >= 4 is 6.03 Å². The lowest BCUT2D eigenvalue weighted by atomic mass is 10.1. The van der Waals surface area contributed by atoms with Gasteiger partial charge in [-0.25, -0.2) is 4.79 Å². The van der Waals surface area contributed by atoms with Crippen LogP contribution >= 0.6 is 0 Å². The van der Waals surface area contributed by atoms with Crippen LogP contribution in [0.4, 0.5) is 4.79 Å². The van der Waals surface area contributed by atoms with Gasteiger partial charge in [-0.15, -0.1) is 0 Å². The number of amides is 2. The predicted octanol–water partition coefficient (Wildman–Crippen LogP) is 3.74. The Kier molecular flexibility index (Phi) is 6.50. The number of benzene rings is 1. The van der Waals surface area contributed by atoms with Crippen LogP contribution in [0, 0.1) is 0 Å². The smallest absolute Gasteiger partial charge is 0.317 e. The third kappa shape index (κ3) is 5.32. The minimum absolute atomic E-state index is 0.117. The molecule has 1 fully saturated rings. The molecule has 0 bridgehead atoms. The van der Waals surface area contributed by atoms with Gasteiger partial charge in [0.15, 0.2) is 5.76 Å². The van der Waals surface area contributed by atoms with Gasteiger partial charge in [-0.2, -0.15) is 0 Å². The second kappa shape index (κ2) is 9.04. The molecule has 1 aliphatic rings. The average molecular weight is 370 g/mol. The van der Waals surface area contributed by atoms with E-state index in [2.05, 4.69) is 47.4 Å². The lowest BCUT2D eigenvalue weighted by molar-refractivity contribution is 0.204. The molecule has 0 radical (unpaired) electrons. The molecule has 1 saturated heterocycles. The summed E-state index contributed by atoms with van der Waals surface area (Å²) in [7, 11) is 1.82. The van der Waals surface area contributed by atoms with Crippen LogP contribution in [0.1, 0.15) is 55.2 Å². The van der Waals surface area contributed by atoms with Crippen molar-refractivity contribution in [1.29, 1.82) is 0 Å². The number of nitrogens with zero attached hydrogens (tertiary/aromatic N) is 3. The molecule has 27 heavy (non-hydrogen) atoms. The molecule has 1 aromatic heterocycles. The van der Waals surface area contributed by atoms with Crippen molar-refractivity contribution in [2.24, 2.45) is 0 Å². The summed E-state index contributed by atoms with van der Waals surface area (Å²) in [6, 6.07) is 10.2. The molecule has 0 aliphatic carbocycles. The van der Waals surface area contributed by atoms with Crippen molar-refractivity contribution in [2.45, 2.75) is 52.2 Å². The SMILES string of the molecule is CC(C)c1cc(CNC(=O)N(C)Cc2ccccc2CN2CCCC2)on1. The second-order valence-corrected chi connectivity index (χ2v) is 7.64. The molecule has 1 aromatic carbocycles. The molecular formula is C21H30N4O2. The van der Waals surface area contributed by atoms with E-state index in [4.69, 9.17) is 4.52 Å². The molecule has 0 saturated carbocycles. The fourth-order valence-corrected chi connectivity index (χ4v) is 3.36. The fraction of sp³-hybridized carbons (Fsp3) is 0.524. The molecule has 0 unspecified atom stereocenters. The average Bonchev–Trinajstić information content (AvgIpc) is 3.33. The third-order valence-electron chi connectivity index (χ3n) is 5.05. The van der Waals surface area contributed by atoms with E-state index < -0.39 is 0 Å². The Morgan fingerprint density at radius 1 is 1.26 bits per heavy atom. The normalized spacial score (nSPS) is 14.7. The zero-order chi connectivity index (χ0) is 19.2.